The van der Waals surface area contributed by atoms with Crippen molar-refractivity contribution in [3.63, 3.8) is 0 Å². The number of nitro groups is 1. The van der Waals surface area contributed by atoms with Gasteiger partial charge in [-0.05, 0) is 42.7 Å². The minimum atomic E-state index is -0.753. The molecule has 3 unspecified atom stereocenters. The Hall–Kier alpha value is -1.49. The Morgan fingerprint density at radius 1 is 1.37 bits per heavy atom. The lowest BCUT2D eigenvalue weighted by Gasteiger charge is -2.23. The molecule has 102 valence electrons. The molecule has 1 aromatic carbocycles. The van der Waals surface area contributed by atoms with E-state index in [2.05, 4.69) is 5.32 Å². The van der Waals surface area contributed by atoms with Crippen molar-refractivity contribution in [2.45, 2.75) is 38.3 Å². The number of hydrogen-bond donors (Lipinski definition) is 1. The third-order valence-electron chi connectivity index (χ3n) is 4.52. The Kier molecular flexibility index (Phi) is 3.22. The zero-order valence-electron chi connectivity index (χ0n) is 10.6. The van der Waals surface area contributed by atoms with Crippen molar-refractivity contribution in [1.29, 1.82) is 0 Å². The number of nitrogens with zero attached hydrogens (tertiary/aromatic N) is 1. The summed E-state index contributed by atoms with van der Waals surface area (Å²) >= 11 is 0. The minimum Gasteiger partial charge on any atom is -0.310 e. The Labute approximate surface area is 111 Å². The lowest BCUT2D eigenvalue weighted by atomic mass is 9.95. The summed E-state index contributed by atoms with van der Waals surface area (Å²) in [5.41, 5.74) is 0.314. The first-order chi connectivity index (χ1) is 9.13. The molecule has 1 N–H and O–H groups in total. The molecule has 0 aromatic heterocycles. The molecule has 2 aliphatic rings. The van der Waals surface area contributed by atoms with Gasteiger partial charge in [-0.1, -0.05) is 12.5 Å². The van der Waals surface area contributed by atoms with Gasteiger partial charge in [0.1, 0.15) is 0 Å². The van der Waals surface area contributed by atoms with Crippen molar-refractivity contribution in [2.24, 2.45) is 11.8 Å². The highest BCUT2D eigenvalue weighted by atomic mass is 19.1. The van der Waals surface area contributed by atoms with Crippen LogP contribution in [0.5, 0.6) is 0 Å². The molecule has 2 aliphatic carbocycles. The predicted octanol–water partition coefficient (Wildman–Crippen LogP) is 3.01. The molecule has 0 saturated heterocycles. The summed E-state index contributed by atoms with van der Waals surface area (Å²) in [5.74, 6) is 0.890. The maximum Gasteiger partial charge on any atom is 0.304 e. The van der Waals surface area contributed by atoms with Gasteiger partial charge in [-0.2, -0.15) is 4.39 Å². The summed E-state index contributed by atoms with van der Waals surface area (Å²) in [4.78, 5) is 9.84. The number of halogens is 1. The minimum absolute atomic E-state index is 0.455. The van der Waals surface area contributed by atoms with Gasteiger partial charge in [0, 0.05) is 18.7 Å². The maximum atomic E-state index is 13.5. The second-order valence-corrected chi connectivity index (χ2v) is 5.71. The second-order valence-electron chi connectivity index (χ2n) is 5.71. The van der Waals surface area contributed by atoms with Crippen molar-refractivity contribution in [3.8, 4) is 0 Å². The Balaban J connectivity index is 1.61. The molecular weight excluding hydrogens is 247 g/mol. The highest BCUT2D eigenvalue weighted by Crippen LogP contribution is 2.44. The van der Waals surface area contributed by atoms with Crippen molar-refractivity contribution in [3.05, 3.63) is 39.7 Å². The standard InChI is InChI=1S/C14H17FN2O2/c15-12-6-10(2-4-14(12)17(18)19)8-16-13-7-9-1-3-11(13)5-9/h2,4,6,9,11,13,16H,1,3,5,7-8H2. The van der Waals surface area contributed by atoms with Crippen LogP contribution >= 0.6 is 0 Å². The zero-order chi connectivity index (χ0) is 13.4. The van der Waals surface area contributed by atoms with Gasteiger partial charge in [-0.3, -0.25) is 10.1 Å². The number of rotatable bonds is 4. The summed E-state index contributed by atoms with van der Waals surface area (Å²) in [5, 5.41) is 14.0. The SMILES string of the molecule is O=[N+]([O-])c1ccc(CNC2CC3CCC2C3)cc1F. The van der Waals surface area contributed by atoms with Crippen LogP contribution in [0.4, 0.5) is 10.1 Å². The van der Waals surface area contributed by atoms with Crippen molar-refractivity contribution < 1.29 is 9.31 Å². The molecule has 5 heteroatoms. The molecule has 0 amide bonds. The fourth-order valence-corrected chi connectivity index (χ4v) is 3.55. The van der Waals surface area contributed by atoms with Gasteiger partial charge in [0.2, 0.25) is 5.82 Å². The summed E-state index contributed by atoms with van der Waals surface area (Å²) < 4.78 is 13.5. The molecule has 4 nitrogen and oxygen atoms in total. The lowest BCUT2D eigenvalue weighted by molar-refractivity contribution is -0.387. The highest BCUT2D eigenvalue weighted by Gasteiger charge is 2.38. The molecule has 0 heterocycles. The predicted molar refractivity (Wildman–Crippen MR) is 69.1 cm³/mol. The lowest BCUT2D eigenvalue weighted by Crippen LogP contribution is -2.33. The van der Waals surface area contributed by atoms with E-state index in [-0.39, 0.29) is 0 Å². The topological polar surface area (TPSA) is 55.2 Å². The van der Waals surface area contributed by atoms with E-state index in [0.717, 1.165) is 17.4 Å². The Morgan fingerprint density at radius 2 is 2.21 bits per heavy atom. The van der Waals surface area contributed by atoms with Gasteiger partial charge < -0.3 is 5.32 Å². The molecule has 0 aliphatic heterocycles. The Bertz CT molecular complexity index is 506. The average Bonchev–Trinajstić information content (AvgIpc) is 2.98. The van der Waals surface area contributed by atoms with E-state index in [4.69, 9.17) is 0 Å². The van der Waals surface area contributed by atoms with Gasteiger partial charge in [-0.25, -0.2) is 0 Å². The van der Waals surface area contributed by atoms with E-state index < -0.39 is 16.4 Å². The molecule has 2 saturated carbocycles. The van der Waals surface area contributed by atoms with Crippen LogP contribution in [-0.4, -0.2) is 11.0 Å². The van der Waals surface area contributed by atoms with Crippen LogP contribution < -0.4 is 5.32 Å². The third kappa shape index (κ3) is 2.47. The van der Waals surface area contributed by atoms with Crippen LogP contribution in [-0.2, 0) is 6.54 Å². The van der Waals surface area contributed by atoms with Crippen LogP contribution in [0, 0.1) is 27.8 Å². The molecule has 1 aromatic rings. The first kappa shape index (κ1) is 12.5. The molecule has 0 radical (unpaired) electrons. The number of fused-ring (bicyclic) bond motifs is 2. The van der Waals surface area contributed by atoms with Gasteiger partial charge in [0.25, 0.3) is 0 Å². The Morgan fingerprint density at radius 3 is 2.79 bits per heavy atom. The summed E-state index contributed by atoms with van der Waals surface area (Å²) in [6, 6.07) is 4.67. The van der Waals surface area contributed by atoms with E-state index in [9.17, 15) is 14.5 Å². The monoisotopic (exact) mass is 264 g/mol. The van der Waals surface area contributed by atoms with E-state index in [1.807, 2.05) is 0 Å². The maximum absolute atomic E-state index is 13.5. The van der Waals surface area contributed by atoms with Crippen molar-refractivity contribution in [2.75, 3.05) is 0 Å². The first-order valence-corrected chi connectivity index (χ1v) is 6.79. The largest absolute Gasteiger partial charge is 0.310 e. The fourth-order valence-electron chi connectivity index (χ4n) is 3.55. The average molecular weight is 264 g/mol. The van der Waals surface area contributed by atoms with E-state index in [1.54, 1.807) is 6.07 Å². The normalized spacial score (nSPS) is 28.8. The second kappa shape index (κ2) is 4.89. The van der Waals surface area contributed by atoms with Gasteiger partial charge in [-0.15, -0.1) is 0 Å². The number of nitro benzene ring substituents is 1. The van der Waals surface area contributed by atoms with Crippen molar-refractivity contribution >= 4 is 5.69 Å². The first-order valence-electron chi connectivity index (χ1n) is 6.79. The molecule has 3 atom stereocenters. The van der Waals surface area contributed by atoms with Gasteiger partial charge in [0.15, 0.2) is 0 Å². The van der Waals surface area contributed by atoms with Crippen LogP contribution in [0.1, 0.15) is 31.2 Å². The third-order valence-corrected chi connectivity index (χ3v) is 4.52. The number of hydrogen-bond acceptors (Lipinski definition) is 3. The molecular formula is C14H17FN2O2. The quantitative estimate of drug-likeness (QED) is 0.671. The van der Waals surface area contributed by atoms with Gasteiger partial charge in [0.05, 0.1) is 4.92 Å². The summed E-state index contributed by atoms with van der Waals surface area (Å²) in [6.45, 7) is 0.586. The van der Waals surface area contributed by atoms with Crippen LogP contribution in [0.25, 0.3) is 0 Å². The smallest absolute Gasteiger partial charge is 0.304 e. The van der Waals surface area contributed by atoms with Crippen molar-refractivity contribution in [1.82, 2.24) is 5.32 Å². The molecule has 19 heavy (non-hydrogen) atoms. The number of benzene rings is 1. The van der Waals surface area contributed by atoms with Crippen LogP contribution in [0.3, 0.4) is 0 Å². The van der Waals surface area contributed by atoms with Crippen LogP contribution in [0.2, 0.25) is 0 Å². The molecule has 2 fully saturated rings. The van der Waals surface area contributed by atoms with Crippen LogP contribution in [0.15, 0.2) is 18.2 Å². The zero-order valence-corrected chi connectivity index (χ0v) is 10.6. The molecule has 3 rings (SSSR count). The van der Waals surface area contributed by atoms with E-state index >= 15 is 0 Å². The fraction of sp³-hybridized carbons (Fsp3) is 0.571. The molecule has 2 bridgehead atoms. The highest BCUT2D eigenvalue weighted by molar-refractivity contribution is 5.35. The van der Waals surface area contributed by atoms with E-state index in [1.165, 1.54) is 37.8 Å². The van der Waals surface area contributed by atoms with Gasteiger partial charge >= 0.3 is 5.69 Å². The summed E-state index contributed by atoms with van der Waals surface area (Å²) in [7, 11) is 0. The number of nitrogens with one attached hydrogen (secondary N) is 1. The molecule has 0 spiro atoms. The summed E-state index contributed by atoms with van der Waals surface area (Å²) in [6.07, 6.45) is 5.21. The van der Waals surface area contributed by atoms with E-state index in [0.29, 0.717) is 12.6 Å².